The lowest BCUT2D eigenvalue weighted by molar-refractivity contribution is 0.542. The molecule has 1 heteroatoms. The van der Waals surface area contributed by atoms with Gasteiger partial charge in [0, 0.05) is 10.5 Å². The summed E-state index contributed by atoms with van der Waals surface area (Å²) in [6.07, 6.45) is 31.8. The van der Waals surface area contributed by atoms with Gasteiger partial charge in [-0.1, -0.05) is 143 Å². The van der Waals surface area contributed by atoms with E-state index in [9.17, 15) is 0 Å². The molecule has 0 nitrogen and oxygen atoms in total. The van der Waals surface area contributed by atoms with E-state index >= 15 is 0 Å². The molecule has 0 amide bonds. The predicted molar refractivity (Wildman–Crippen MR) is 139 cm³/mol. The minimum absolute atomic E-state index is 0.942. The number of hydrogen-bond acceptors (Lipinski definition) is 1. The maximum Gasteiger partial charge on any atom is 0.00498 e. The maximum absolute atomic E-state index is 2.41. The standard InChI is InChI=1S/C28H58S/c1-5-9-13-15-17-19-21-25-27(23-11-7-3)29-28(24-12-8-4)26-22-20-18-16-14-10-6-2/h27-28H,5-26H2,1-4H3. The van der Waals surface area contributed by atoms with E-state index in [0.717, 1.165) is 10.5 Å². The average Bonchev–Trinajstić information content (AvgIpc) is 2.73. The molecular formula is C28H58S. The van der Waals surface area contributed by atoms with Crippen LogP contribution in [0.4, 0.5) is 0 Å². The molecule has 0 radical (unpaired) electrons. The molecule has 0 aliphatic rings. The van der Waals surface area contributed by atoms with E-state index in [2.05, 4.69) is 39.5 Å². The third-order valence-corrected chi connectivity index (χ3v) is 8.12. The summed E-state index contributed by atoms with van der Waals surface area (Å²) in [5.41, 5.74) is 0. The smallest absolute Gasteiger partial charge is 0.00498 e. The van der Waals surface area contributed by atoms with Crippen molar-refractivity contribution < 1.29 is 0 Å². The van der Waals surface area contributed by atoms with Crippen LogP contribution in [0.5, 0.6) is 0 Å². The van der Waals surface area contributed by atoms with Crippen LogP contribution in [0.25, 0.3) is 0 Å². The van der Waals surface area contributed by atoms with Crippen molar-refractivity contribution in [2.75, 3.05) is 0 Å². The van der Waals surface area contributed by atoms with E-state index in [1.54, 1.807) is 0 Å². The summed E-state index contributed by atoms with van der Waals surface area (Å²) in [6, 6.07) is 0. The number of thioether (sulfide) groups is 1. The molecule has 0 rings (SSSR count). The minimum atomic E-state index is 0.942. The summed E-state index contributed by atoms with van der Waals surface area (Å²) in [5.74, 6) is 0. The lowest BCUT2D eigenvalue weighted by atomic mass is 10.0. The summed E-state index contributed by atoms with van der Waals surface area (Å²) in [7, 11) is 0. The van der Waals surface area contributed by atoms with Crippen LogP contribution in [0.2, 0.25) is 0 Å². The van der Waals surface area contributed by atoms with Crippen LogP contribution in [-0.2, 0) is 0 Å². The maximum atomic E-state index is 2.41. The van der Waals surface area contributed by atoms with Crippen molar-refractivity contribution in [2.45, 2.75) is 179 Å². The van der Waals surface area contributed by atoms with Gasteiger partial charge in [0.25, 0.3) is 0 Å². The summed E-state index contributed by atoms with van der Waals surface area (Å²) < 4.78 is 0. The third kappa shape index (κ3) is 21.4. The summed E-state index contributed by atoms with van der Waals surface area (Å²) in [5, 5.41) is 1.88. The third-order valence-electron chi connectivity index (χ3n) is 6.40. The molecule has 0 saturated carbocycles. The van der Waals surface area contributed by atoms with E-state index in [0.29, 0.717) is 0 Å². The number of hydrogen-bond donors (Lipinski definition) is 0. The molecular weight excluding hydrogens is 368 g/mol. The van der Waals surface area contributed by atoms with Crippen molar-refractivity contribution in [3.8, 4) is 0 Å². The molecule has 0 bridgehead atoms. The zero-order valence-corrected chi connectivity index (χ0v) is 21.9. The number of rotatable bonds is 24. The second kappa shape index (κ2) is 24.6. The normalized spacial score (nSPS) is 13.7. The minimum Gasteiger partial charge on any atom is -0.155 e. The van der Waals surface area contributed by atoms with Gasteiger partial charge in [-0.3, -0.25) is 0 Å². The lowest BCUT2D eigenvalue weighted by Gasteiger charge is -2.24. The van der Waals surface area contributed by atoms with Gasteiger partial charge in [-0.05, 0) is 25.7 Å². The van der Waals surface area contributed by atoms with Crippen molar-refractivity contribution in [1.29, 1.82) is 0 Å². The molecule has 0 aliphatic heterocycles. The predicted octanol–water partition coefficient (Wildman–Crippen LogP) is 11.1. The Bertz CT molecular complexity index is 260. The molecule has 2 atom stereocenters. The fraction of sp³-hybridized carbons (Fsp3) is 1.00. The number of unbranched alkanes of at least 4 members (excludes halogenated alkanes) is 14. The van der Waals surface area contributed by atoms with E-state index < -0.39 is 0 Å². The topological polar surface area (TPSA) is 0 Å². The molecule has 0 aromatic heterocycles. The molecule has 0 N–H and O–H groups in total. The van der Waals surface area contributed by atoms with E-state index in [-0.39, 0.29) is 0 Å². The molecule has 0 fully saturated rings. The Morgan fingerprint density at radius 2 is 0.621 bits per heavy atom. The fourth-order valence-electron chi connectivity index (χ4n) is 4.35. The van der Waals surface area contributed by atoms with Crippen molar-refractivity contribution >= 4 is 11.8 Å². The highest BCUT2D eigenvalue weighted by Crippen LogP contribution is 2.33. The van der Waals surface area contributed by atoms with Crippen LogP contribution in [0.15, 0.2) is 0 Å². The van der Waals surface area contributed by atoms with Crippen LogP contribution in [0.1, 0.15) is 169 Å². The van der Waals surface area contributed by atoms with Crippen LogP contribution < -0.4 is 0 Å². The van der Waals surface area contributed by atoms with Crippen LogP contribution in [-0.4, -0.2) is 10.5 Å². The molecule has 0 spiro atoms. The van der Waals surface area contributed by atoms with Crippen LogP contribution in [0, 0.1) is 0 Å². The average molecular weight is 427 g/mol. The van der Waals surface area contributed by atoms with Gasteiger partial charge in [0.1, 0.15) is 0 Å². The van der Waals surface area contributed by atoms with Gasteiger partial charge in [0.15, 0.2) is 0 Å². The lowest BCUT2D eigenvalue weighted by Crippen LogP contribution is -2.12. The van der Waals surface area contributed by atoms with Gasteiger partial charge < -0.3 is 0 Å². The first-order valence-electron chi connectivity index (χ1n) is 13.9. The SMILES string of the molecule is CCCCCCCCCC(CCCC)SC(CCCC)CCCCCCCCC. The summed E-state index contributed by atoms with van der Waals surface area (Å²) in [6.45, 7) is 9.36. The molecule has 29 heavy (non-hydrogen) atoms. The Hall–Kier alpha value is 0.350. The van der Waals surface area contributed by atoms with Crippen molar-refractivity contribution in [3.63, 3.8) is 0 Å². The van der Waals surface area contributed by atoms with Crippen LogP contribution >= 0.6 is 11.8 Å². The van der Waals surface area contributed by atoms with Gasteiger partial charge in [-0.25, -0.2) is 0 Å². The van der Waals surface area contributed by atoms with Gasteiger partial charge in [-0.15, -0.1) is 0 Å². The molecule has 2 unspecified atom stereocenters. The summed E-state index contributed by atoms with van der Waals surface area (Å²) in [4.78, 5) is 0. The van der Waals surface area contributed by atoms with Crippen molar-refractivity contribution in [3.05, 3.63) is 0 Å². The summed E-state index contributed by atoms with van der Waals surface area (Å²) >= 11 is 2.41. The molecule has 0 aliphatic carbocycles. The molecule has 176 valence electrons. The largest absolute Gasteiger partial charge is 0.155 e. The first-order valence-corrected chi connectivity index (χ1v) is 14.9. The van der Waals surface area contributed by atoms with Gasteiger partial charge in [0.2, 0.25) is 0 Å². The quantitative estimate of drug-likeness (QED) is 0.138. The zero-order valence-electron chi connectivity index (χ0n) is 21.1. The Balaban J connectivity index is 4.17. The second-order valence-corrected chi connectivity index (χ2v) is 11.1. The Kier molecular flexibility index (Phi) is 24.9. The van der Waals surface area contributed by atoms with Gasteiger partial charge in [-0.2, -0.15) is 11.8 Å². The molecule has 0 aromatic carbocycles. The monoisotopic (exact) mass is 426 g/mol. The van der Waals surface area contributed by atoms with E-state index in [1.165, 1.54) is 141 Å². The fourth-order valence-corrected chi connectivity index (χ4v) is 6.11. The zero-order chi connectivity index (χ0) is 21.4. The van der Waals surface area contributed by atoms with Gasteiger partial charge in [0.05, 0.1) is 0 Å². The highest BCUT2D eigenvalue weighted by Gasteiger charge is 2.16. The van der Waals surface area contributed by atoms with Gasteiger partial charge >= 0.3 is 0 Å². The Morgan fingerprint density at radius 3 is 0.966 bits per heavy atom. The van der Waals surface area contributed by atoms with E-state index in [4.69, 9.17) is 0 Å². The molecule has 0 heterocycles. The van der Waals surface area contributed by atoms with Crippen molar-refractivity contribution in [2.24, 2.45) is 0 Å². The highest BCUT2D eigenvalue weighted by atomic mass is 32.2. The highest BCUT2D eigenvalue weighted by molar-refractivity contribution is 8.00. The van der Waals surface area contributed by atoms with Crippen LogP contribution in [0.3, 0.4) is 0 Å². The van der Waals surface area contributed by atoms with Crippen molar-refractivity contribution in [1.82, 2.24) is 0 Å². The van der Waals surface area contributed by atoms with E-state index in [1.807, 2.05) is 0 Å². The molecule has 0 saturated heterocycles. The molecule has 0 aromatic rings. The first-order chi connectivity index (χ1) is 14.3. The second-order valence-electron chi connectivity index (χ2n) is 9.48. The first kappa shape index (κ1) is 29.4. The Labute approximate surface area is 191 Å². The Morgan fingerprint density at radius 1 is 0.345 bits per heavy atom.